The molecule has 0 saturated carbocycles. The van der Waals surface area contributed by atoms with Crippen LogP contribution in [0.25, 0.3) is 6.08 Å². The fraction of sp³-hybridized carbons (Fsp3) is 0.200. The van der Waals surface area contributed by atoms with Crippen LogP contribution in [0.5, 0.6) is 11.5 Å². The molecule has 0 aromatic heterocycles. The first-order chi connectivity index (χ1) is 7.11. The Morgan fingerprint density at radius 3 is 2.67 bits per heavy atom. The molecule has 0 fully saturated rings. The van der Waals surface area contributed by atoms with Crippen LogP contribution in [0.3, 0.4) is 0 Å². The highest BCUT2D eigenvalue weighted by Gasteiger charge is 2.13. The van der Waals surface area contributed by atoms with Gasteiger partial charge in [-0.15, -0.1) is 0 Å². The highest BCUT2D eigenvalue weighted by atomic mass is 79.9. The maximum Gasteiger partial charge on any atom is 0.166 e. The Bertz CT molecular complexity index is 389. The van der Waals surface area contributed by atoms with Crippen molar-refractivity contribution in [1.29, 1.82) is 0 Å². The topological polar surface area (TPSA) is 49.7 Å². The summed E-state index contributed by atoms with van der Waals surface area (Å²) in [6.07, 6.45) is 3.15. The molecule has 0 radical (unpaired) electrons. The van der Waals surface area contributed by atoms with Gasteiger partial charge in [0.05, 0.1) is 13.7 Å². The van der Waals surface area contributed by atoms with Crippen molar-refractivity contribution in [1.82, 2.24) is 0 Å². The van der Waals surface area contributed by atoms with Crippen molar-refractivity contribution >= 4 is 37.9 Å². The number of phenolic OH excluding ortho intramolecular Hbond substituents is 1. The number of ether oxygens (including phenoxy) is 1. The summed E-state index contributed by atoms with van der Waals surface area (Å²) in [5, 5.41) is 18.5. The minimum absolute atomic E-state index is 0.0391. The van der Waals surface area contributed by atoms with Gasteiger partial charge in [0.25, 0.3) is 0 Å². The zero-order valence-corrected chi connectivity index (χ0v) is 11.2. The summed E-state index contributed by atoms with van der Waals surface area (Å²) in [6.45, 7) is -0.0826. The van der Waals surface area contributed by atoms with E-state index in [1.165, 1.54) is 13.2 Å². The van der Waals surface area contributed by atoms with Gasteiger partial charge in [-0.25, -0.2) is 0 Å². The third-order valence-corrected chi connectivity index (χ3v) is 3.81. The van der Waals surface area contributed by atoms with Crippen molar-refractivity contribution in [2.75, 3.05) is 13.7 Å². The highest BCUT2D eigenvalue weighted by molar-refractivity contribution is 9.13. The van der Waals surface area contributed by atoms with E-state index in [0.29, 0.717) is 15.8 Å². The number of hydrogen-bond donors (Lipinski definition) is 2. The lowest BCUT2D eigenvalue weighted by Gasteiger charge is -2.09. The van der Waals surface area contributed by atoms with E-state index >= 15 is 0 Å². The van der Waals surface area contributed by atoms with Crippen LogP contribution in [-0.4, -0.2) is 23.9 Å². The van der Waals surface area contributed by atoms with Crippen LogP contribution in [0.1, 0.15) is 5.56 Å². The molecule has 15 heavy (non-hydrogen) atoms. The van der Waals surface area contributed by atoms with Gasteiger partial charge in [-0.05, 0) is 37.9 Å². The number of methoxy groups -OCH3 is 1. The maximum absolute atomic E-state index is 9.81. The predicted molar refractivity (Wildman–Crippen MR) is 66.2 cm³/mol. The second-order valence-corrected chi connectivity index (χ2v) is 4.37. The Kier molecular flexibility index (Phi) is 4.63. The van der Waals surface area contributed by atoms with Gasteiger partial charge in [0.1, 0.15) is 0 Å². The van der Waals surface area contributed by atoms with Crippen molar-refractivity contribution < 1.29 is 14.9 Å². The number of halogens is 2. The number of hydrogen-bond acceptors (Lipinski definition) is 3. The summed E-state index contributed by atoms with van der Waals surface area (Å²) in [5.41, 5.74) is 0.565. The molecule has 82 valence electrons. The van der Waals surface area contributed by atoms with Gasteiger partial charge in [0.15, 0.2) is 11.5 Å². The first-order valence-electron chi connectivity index (χ1n) is 4.14. The van der Waals surface area contributed by atoms with E-state index in [2.05, 4.69) is 31.9 Å². The fourth-order valence-corrected chi connectivity index (χ4v) is 1.95. The van der Waals surface area contributed by atoms with E-state index in [-0.39, 0.29) is 12.4 Å². The minimum Gasteiger partial charge on any atom is -0.504 e. The third-order valence-electron chi connectivity index (χ3n) is 1.80. The van der Waals surface area contributed by atoms with E-state index in [1.54, 1.807) is 12.1 Å². The molecule has 1 aromatic carbocycles. The largest absolute Gasteiger partial charge is 0.504 e. The quantitative estimate of drug-likeness (QED) is 0.891. The van der Waals surface area contributed by atoms with Gasteiger partial charge >= 0.3 is 0 Å². The normalized spacial score (nSPS) is 10.9. The lowest BCUT2D eigenvalue weighted by atomic mass is 10.1. The van der Waals surface area contributed by atoms with E-state index in [4.69, 9.17) is 9.84 Å². The zero-order valence-electron chi connectivity index (χ0n) is 8.00. The van der Waals surface area contributed by atoms with Crippen LogP contribution < -0.4 is 4.74 Å². The number of rotatable bonds is 3. The maximum atomic E-state index is 9.81. The molecule has 0 atom stereocenters. The van der Waals surface area contributed by atoms with Crippen LogP contribution >= 0.6 is 31.9 Å². The smallest absolute Gasteiger partial charge is 0.166 e. The van der Waals surface area contributed by atoms with Gasteiger partial charge in [0.2, 0.25) is 0 Å². The Morgan fingerprint density at radius 2 is 2.13 bits per heavy atom. The molecular weight excluding hydrogens is 328 g/mol. The first kappa shape index (κ1) is 12.5. The summed E-state index contributed by atoms with van der Waals surface area (Å²) in [4.78, 5) is 0. The van der Waals surface area contributed by atoms with E-state index in [9.17, 15) is 5.11 Å². The summed E-state index contributed by atoms with van der Waals surface area (Å²) in [6, 6.07) is 1.66. The molecule has 5 heteroatoms. The van der Waals surface area contributed by atoms with Crippen LogP contribution in [0.15, 0.2) is 21.1 Å². The first-order valence-corrected chi connectivity index (χ1v) is 5.72. The minimum atomic E-state index is -0.0826. The highest BCUT2D eigenvalue weighted by Crippen LogP contribution is 2.41. The average Bonchev–Trinajstić information content (AvgIpc) is 2.23. The molecule has 0 aliphatic carbocycles. The third kappa shape index (κ3) is 2.74. The zero-order chi connectivity index (χ0) is 11.4. The monoisotopic (exact) mass is 336 g/mol. The molecular formula is C10H10Br2O3. The molecule has 0 unspecified atom stereocenters. The van der Waals surface area contributed by atoms with Crippen molar-refractivity contribution in [3.8, 4) is 11.5 Å². The summed E-state index contributed by atoms with van der Waals surface area (Å²) < 4.78 is 6.49. The Balaban J connectivity index is 3.33. The van der Waals surface area contributed by atoms with Crippen molar-refractivity contribution in [2.45, 2.75) is 0 Å². The number of aliphatic hydroxyl groups is 1. The van der Waals surface area contributed by atoms with Crippen molar-refractivity contribution in [3.63, 3.8) is 0 Å². The molecule has 2 N–H and O–H groups in total. The molecule has 1 rings (SSSR count). The predicted octanol–water partition coefficient (Wildman–Crippen LogP) is 2.93. The summed E-state index contributed by atoms with van der Waals surface area (Å²) in [7, 11) is 1.48. The van der Waals surface area contributed by atoms with Crippen LogP contribution in [0, 0.1) is 0 Å². The van der Waals surface area contributed by atoms with Gasteiger partial charge in [0, 0.05) is 14.5 Å². The standard InChI is InChI=1S/C10H10Br2O3/c1-15-8-5-7(11)9(12)6(10(8)14)3-2-4-13/h2-3,5,13-14H,4H2,1H3/b3-2+. The van der Waals surface area contributed by atoms with E-state index < -0.39 is 0 Å². The van der Waals surface area contributed by atoms with Gasteiger partial charge in [-0.2, -0.15) is 0 Å². The molecule has 0 aliphatic rings. The Morgan fingerprint density at radius 1 is 1.47 bits per heavy atom. The van der Waals surface area contributed by atoms with Gasteiger partial charge in [-0.1, -0.05) is 12.2 Å². The number of phenols is 1. The SMILES string of the molecule is COc1cc(Br)c(Br)c(/C=C/CO)c1O. The average molecular weight is 338 g/mol. The second-order valence-electron chi connectivity index (χ2n) is 2.72. The lowest BCUT2D eigenvalue weighted by Crippen LogP contribution is -1.88. The Hall–Kier alpha value is -0.520. The Labute approximate surface area is 105 Å². The molecule has 0 bridgehead atoms. The van der Waals surface area contributed by atoms with Crippen molar-refractivity contribution in [3.05, 3.63) is 26.7 Å². The van der Waals surface area contributed by atoms with E-state index in [0.717, 1.165) is 4.47 Å². The van der Waals surface area contributed by atoms with Crippen LogP contribution in [-0.2, 0) is 0 Å². The lowest BCUT2D eigenvalue weighted by molar-refractivity contribution is 0.343. The molecule has 0 spiro atoms. The molecule has 0 saturated heterocycles. The number of aliphatic hydroxyl groups excluding tert-OH is 1. The van der Waals surface area contributed by atoms with Crippen molar-refractivity contribution in [2.24, 2.45) is 0 Å². The molecule has 0 heterocycles. The second kappa shape index (κ2) is 5.53. The molecule has 1 aromatic rings. The van der Waals surface area contributed by atoms with Gasteiger partial charge < -0.3 is 14.9 Å². The van der Waals surface area contributed by atoms with Crippen LogP contribution in [0.2, 0.25) is 0 Å². The van der Waals surface area contributed by atoms with E-state index in [1.807, 2.05) is 0 Å². The molecule has 0 aliphatic heterocycles. The summed E-state index contributed by atoms with van der Waals surface area (Å²) in [5.74, 6) is 0.417. The molecule has 3 nitrogen and oxygen atoms in total. The fourth-order valence-electron chi connectivity index (χ4n) is 1.09. The van der Waals surface area contributed by atoms with Crippen LogP contribution in [0.4, 0.5) is 0 Å². The summed E-state index contributed by atoms with van der Waals surface area (Å²) >= 11 is 6.66. The van der Waals surface area contributed by atoms with Gasteiger partial charge in [-0.3, -0.25) is 0 Å². The number of benzene rings is 1. The molecule has 0 amide bonds. The number of aromatic hydroxyl groups is 1.